The van der Waals surface area contributed by atoms with E-state index in [2.05, 4.69) is 55.4 Å². The second-order valence-electron chi connectivity index (χ2n) is 5.73. The van der Waals surface area contributed by atoms with Crippen LogP contribution < -0.4 is 10.6 Å². The number of hydrogen-bond donors (Lipinski definition) is 2. The van der Waals surface area contributed by atoms with Crippen LogP contribution in [-0.4, -0.2) is 50.1 Å². The van der Waals surface area contributed by atoms with Crippen molar-refractivity contribution in [2.24, 2.45) is 10.9 Å². The molecule has 1 saturated carbocycles. The second-order valence-corrected chi connectivity index (χ2v) is 5.73. The molecule has 0 aromatic carbocycles. The smallest absolute Gasteiger partial charge is 0.191 e. The van der Waals surface area contributed by atoms with Crippen molar-refractivity contribution < 1.29 is 0 Å². The molecular formula is C13H28N4. The lowest BCUT2D eigenvalue weighted by Gasteiger charge is -2.31. The summed E-state index contributed by atoms with van der Waals surface area (Å²) in [4.78, 5) is 6.87. The molecule has 2 N–H and O–H groups in total. The van der Waals surface area contributed by atoms with Crippen molar-refractivity contribution in [1.82, 2.24) is 15.5 Å². The summed E-state index contributed by atoms with van der Waals surface area (Å²) < 4.78 is 0. The van der Waals surface area contributed by atoms with Gasteiger partial charge in [0.15, 0.2) is 5.96 Å². The molecule has 0 bridgehead atoms. The van der Waals surface area contributed by atoms with Gasteiger partial charge in [0.2, 0.25) is 0 Å². The van der Waals surface area contributed by atoms with Crippen molar-refractivity contribution in [1.29, 1.82) is 0 Å². The summed E-state index contributed by atoms with van der Waals surface area (Å²) in [5.74, 6) is 1.83. The van der Waals surface area contributed by atoms with Crippen molar-refractivity contribution >= 4 is 5.96 Å². The monoisotopic (exact) mass is 240 g/mol. The van der Waals surface area contributed by atoms with Crippen molar-refractivity contribution in [2.75, 3.05) is 33.7 Å². The Hall–Kier alpha value is -0.770. The molecule has 4 nitrogen and oxygen atoms in total. The average molecular weight is 240 g/mol. The average Bonchev–Trinajstić information content (AvgIpc) is 3.06. The Morgan fingerprint density at radius 2 is 1.94 bits per heavy atom. The van der Waals surface area contributed by atoms with E-state index in [1.54, 1.807) is 0 Å². The molecule has 0 atom stereocenters. The lowest BCUT2D eigenvalue weighted by Crippen LogP contribution is -2.44. The molecule has 0 aromatic rings. The highest BCUT2D eigenvalue weighted by atomic mass is 15.2. The summed E-state index contributed by atoms with van der Waals surface area (Å²) in [7, 11) is 4.19. The fourth-order valence-corrected chi connectivity index (χ4v) is 1.32. The molecule has 0 aromatic heterocycles. The molecule has 0 saturated heterocycles. The first-order valence-electron chi connectivity index (χ1n) is 6.65. The van der Waals surface area contributed by atoms with Crippen LogP contribution >= 0.6 is 0 Å². The van der Waals surface area contributed by atoms with Gasteiger partial charge < -0.3 is 15.5 Å². The van der Waals surface area contributed by atoms with Gasteiger partial charge in [-0.2, -0.15) is 0 Å². The van der Waals surface area contributed by atoms with E-state index < -0.39 is 0 Å². The number of rotatable bonds is 6. The zero-order valence-corrected chi connectivity index (χ0v) is 12.0. The quantitative estimate of drug-likeness (QED) is 0.543. The molecular weight excluding hydrogens is 212 g/mol. The van der Waals surface area contributed by atoms with E-state index in [4.69, 9.17) is 0 Å². The molecule has 1 aliphatic carbocycles. The summed E-state index contributed by atoms with van der Waals surface area (Å²) in [5.41, 5.74) is 0.0991. The van der Waals surface area contributed by atoms with Crippen LogP contribution in [0.1, 0.15) is 33.6 Å². The van der Waals surface area contributed by atoms with Crippen molar-refractivity contribution in [2.45, 2.75) is 39.2 Å². The first-order chi connectivity index (χ1) is 7.95. The van der Waals surface area contributed by atoms with E-state index in [0.717, 1.165) is 31.5 Å². The van der Waals surface area contributed by atoms with Crippen LogP contribution in [0.15, 0.2) is 4.99 Å². The molecule has 17 heavy (non-hydrogen) atoms. The molecule has 0 unspecified atom stereocenters. The molecule has 1 aliphatic rings. The van der Waals surface area contributed by atoms with E-state index in [9.17, 15) is 0 Å². The Bertz CT molecular complexity index is 254. The first kappa shape index (κ1) is 14.3. The summed E-state index contributed by atoms with van der Waals surface area (Å²) >= 11 is 0. The fourth-order valence-electron chi connectivity index (χ4n) is 1.32. The molecule has 1 fully saturated rings. The second kappa shape index (κ2) is 6.24. The van der Waals surface area contributed by atoms with Gasteiger partial charge in [0, 0.05) is 18.6 Å². The minimum absolute atomic E-state index is 0.0991. The van der Waals surface area contributed by atoms with E-state index >= 15 is 0 Å². The van der Waals surface area contributed by atoms with E-state index in [0.29, 0.717) is 0 Å². The third-order valence-electron chi connectivity index (χ3n) is 3.43. The Kier molecular flexibility index (Phi) is 5.25. The van der Waals surface area contributed by atoms with Gasteiger partial charge in [-0.15, -0.1) is 0 Å². The number of nitrogens with zero attached hydrogens (tertiary/aromatic N) is 2. The fraction of sp³-hybridized carbons (Fsp3) is 0.923. The van der Waals surface area contributed by atoms with E-state index in [1.807, 2.05) is 0 Å². The SMILES string of the molecule is CCNC(=NCC(C)(C)N(C)C)NCC1CC1. The maximum absolute atomic E-state index is 4.66. The van der Waals surface area contributed by atoms with Crippen LogP contribution in [0.5, 0.6) is 0 Å². The van der Waals surface area contributed by atoms with Gasteiger partial charge >= 0.3 is 0 Å². The zero-order chi connectivity index (χ0) is 12.9. The maximum Gasteiger partial charge on any atom is 0.191 e. The Labute approximate surface area is 106 Å². The minimum atomic E-state index is 0.0991. The van der Waals surface area contributed by atoms with Crippen molar-refractivity contribution in [3.8, 4) is 0 Å². The zero-order valence-electron chi connectivity index (χ0n) is 12.0. The van der Waals surface area contributed by atoms with E-state index in [-0.39, 0.29) is 5.54 Å². The van der Waals surface area contributed by atoms with Crippen molar-refractivity contribution in [3.05, 3.63) is 0 Å². The number of likely N-dealkylation sites (N-methyl/N-ethyl adjacent to an activating group) is 1. The highest BCUT2D eigenvalue weighted by Gasteiger charge is 2.22. The van der Waals surface area contributed by atoms with Gasteiger partial charge in [-0.1, -0.05) is 0 Å². The lowest BCUT2D eigenvalue weighted by molar-refractivity contribution is 0.204. The Balaban J connectivity index is 2.43. The highest BCUT2D eigenvalue weighted by molar-refractivity contribution is 5.79. The maximum atomic E-state index is 4.66. The molecule has 0 spiro atoms. The third-order valence-corrected chi connectivity index (χ3v) is 3.43. The van der Waals surface area contributed by atoms with Gasteiger partial charge in [-0.25, -0.2) is 0 Å². The summed E-state index contributed by atoms with van der Waals surface area (Å²) in [6.45, 7) is 9.31. The van der Waals surface area contributed by atoms with Gasteiger partial charge in [-0.3, -0.25) is 4.99 Å². The predicted molar refractivity (Wildman–Crippen MR) is 74.5 cm³/mol. The van der Waals surface area contributed by atoms with Crippen LogP contribution in [-0.2, 0) is 0 Å². The molecule has 4 heteroatoms. The van der Waals surface area contributed by atoms with Gasteiger partial charge in [0.25, 0.3) is 0 Å². The summed E-state index contributed by atoms with van der Waals surface area (Å²) in [6, 6.07) is 0. The summed E-state index contributed by atoms with van der Waals surface area (Å²) in [5, 5.41) is 6.71. The Morgan fingerprint density at radius 1 is 1.29 bits per heavy atom. The summed E-state index contributed by atoms with van der Waals surface area (Å²) in [6.07, 6.45) is 2.74. The minimum Gasteiger partial charge on any atom is -0.357 e. The van der Waals surface area contributed by atoms with Crippen LogP contribution in [0.4, 0.5) is 0 Å². The van der Waals surface area contributed by atoms with Crippen LogP contribution in [0, 0.1) is 5.92 Å². The van der Waals surface area contributed by atoms with E-state index in [1.165, 1.54) is 12.8 Å². The third kappa shape index (κ3) is 5.39. The van der Waals surface area contributed by atoms with Crippen molar-refractivity contribution in [3.63, 3.8) is 0 Å². The largest absolute Gasteiger partial charge is 0.357 e. The molecule has 1 rings (SSSR count). The normalized spacial score (nSPS) is 17.4. The molecule has 0 aliphatic heterocycles. The van der Waals surface area contributed by atoms with Crippen LogP contribution in [0.3, 0.4) is 0 Å². The van der Waals surface area contributed by atoms with Gasteiger partial charge in [0.05, 0.1) is 6.54 Å². The molecule has 0 heterocycles. The Morgan fingerprint density at radius 3 is 2.41 bits per heavy atom. The molecule has 0 radical (unpaired) electrons. The predicted octanol–water partition coefficient (Wildman–Crippen LogP) is 1.29. The number of guanidine groups is 1. The van der Waals surface area contributed by atoms with Crippen LogP contribution in [0.2, 0.25) is 0 Å². The highest BCUT2D eigenvalue weighted by Crippen LogP contribution is 2.27. The molecule has 0 amide bonds. The van der Waals surface area contributed by atoms with Crippen LogP contribution in [0.25, 0.3) is 0 Å². The standard InChI is InChI=1S/C13H28N4/c1-6-14-12(15-9-11-7-8-11)16-10-13(2,3)17(4)5/h11H,6-10H2,1-5H3,(H2,14,15,16). The first-order valence-corrected chi connectivity index (χ1v) is 6.65. The van der Waals surface area contributed by atoms with Gasteiger partial charge in [0.1, 0.15) is 0 Å². The van der Waals surface area contributed by atoms with Gasteiger partial charge in [-0.05, 0) is 53.6 Å². The topological polar surface area (TPSA) is 39.7 Å². The number of nitrogens with one attached hydrogen (secondary N) is 2. The molecule has 100 valence electrons. The number of hydrogen-bond acceptors (Lipinski definition) is 2. The number of aliphatic imine (C=N–C) groups is 1. The lowest BCUT2D eigenvalue weighted by atomic mass is 10.1.